The third-order valence-electron chi connectivity index (χ3n) is 16.9. The molecule has 0 radical (unpaired) electrons. The molecule has 10 heteroatoms. The maximum absolute atomic E-state index is 15.0. The molecule has 0 aromatic carbocycles. The molecular weight excluding hydrogens is 674 g/mol. The number of ether oxygens (including phenoxy) is 1. The van der Waals surface area contributed by atoms with Crippen LogP contribution < -0.4 is 5.82 Å². The van der Waals surface area contributed by atoms with Crippen molar-refractivity contribution in [1.82, 2.24) is 4.90 Å². The van der Waals surface area contributed by atoms with Gasteiger partial charge in [-0.2, -0.15) is 0 Å². The van der Waals surface area contributed by atoms with Crippen LogP contribution in [-0.2, 0) is 30.5 Å². The minimum Gasteiger partial charge on any atom is -0.481 e. The fourth-order valence-electron chi connectivity index (χ4n) is 13.6. The standard InChI is InChI=1S/C43H61NO9/c1-24(2)33-30(52-37(50)53-33)23-51-36(49)43(9)31-12-15-42(8)34(40(31,6)14-13-32(43)44-20-10-11-28(44)25(3)45)29(46)21-26-27-22-39(5,35(47)48)17-16-38(27,4)18-19-41(26,42)7/h21,24,27-28,31-32,34H,10-20,22-23H2,1-9H3,(H,47,48)/t27-,28-,31+,32-,34+,38+,39-,40-,41+,42+,43-/m0/s1. The van der Waals surface area contributed by atoms with Crippen molar-refractivity contribution >= 4 is 23.5 Å². The molecule has 53 heavy (non-hydrogen) atoms. The molecule has 0 spiro atoms. The van der Waals surface area contributed by atoms with Crippen LogP contribution >= 0.6 is 0 Å². The van der Waals surface area contributed by atoms with E-state index in [0.717, 1.165) is 57.1 Å². The minimum absolute atomic E-state index is 0.0247. The topological polar surface area (TPSA) is 144 Å². The van der Waals surface area contributed by atoms with Crippen molar-refractivity contribution in [3.8, 4) is 0 Å². The molecule has 7 rings (SSSR count). The summed E-state index contributed by atoms with van der Waals surface area (Å²) in [5.41, 5.74) is -2.00. The monoisotopic (exact) mass is 735 g/mol. The van der Waals surface area contributed by atoms with Gasteiger partial charge in [0.15, 0.2) is 23.9 Å². The van der Waals surface area contributed by atoms with E-state index in [1.165, 1.54) is 0 Å². The van der Waals surface area contributed by atoms with Crippen LogP contribution in [0, 0.1) is 50.2 Å². The predicted molar refractivity (Wildman–Crippen MR) is 197 cm³/mol. The lowest BCUT2D eigenvalue weighted by Crippen LogP contribution is -2.70. The summed E-state index contributed by atoms with van der Waals surface area (Å²) in [7, 11) is 0. The number of carbonyl (C=O) groups is 4. The number of carboxylic acid groups (broad SMARTS) is 1. The van der Waals surface area contributed by atoms with Crippen LogP contribution in [-0.4, -0.2) is 52.1 Å². The van der Waals surface area contributed by atoms with E-state index in [2.05, 4.69) is 32.6 Å². The maximum Gasteiger partial charge on any atom is 0.519 e. The summed E-state index contributed by atoms with van der Waals surface area (Å²) in [6.07, 6.45) is 10.4. The molecule has 2 heterocycles. The van der Waals surface area contributed by atoms with Crippen molar-refractivity contribution in [2.45, 2.75) is 158 Å². The molecule has 0 amide bonds. The van der Waals surface area contributed by atoms with Crippen molar-refractivity contribution in [1.29, 1.82) is 0 Å². The van der Waals surface area contributed by atoms with Crippen molar-refractivity contribution in [3.05, 3.63) is 33.8 Å². The molecule has 6 aliphatic rings. The van der Waals surface area contributed by atoms with E-state index < -0.39 is 39.4 Å². The first-order valence-corrected chi connectivity index (χ1v) is 20.2. The van der Waals surface area contributed by atoms with Gasteiger partial charge in [0.05, 0.1) is 16.9 Å². The minimum atomic E-state index is -1.06. The van der Waals surface area contributed by atoms with E-state index in [4.69, 9.17) is 13.6 Å². The Morgan fingerprint density at radius 2 is 1.64 bits per heavy atom. The normalized spacial score (nSPS) is 44.0. The average Bonchev–Trinajstić information content (AvgIpc) is 3.72. The van der Waals surface area contributed by atoms with E-state index in [1.807, 2.05) is 33.8 Å². The van der Waals surface area contributed by atoms with Crippen LogP contribution in [0.1, 0.15) is 150 Å². The number of hydrogen-bond acceptors (Lipinski definition) is 9. The van der Waals surface area contributed by atoms with Gasteiger partial charge < -0.3 is 18.7 Å². The quantitative estimate of drug-likeness (QED) is 0.275. The highest BCUT2D eigenvalue weighted by molar-refractivity contribution is 5.96. The van der Waals surface area contributed by atoms with Gasteiger partial charge in [-0.25, -0.2) is 4.79 Å². The van der Waals surface area contributed by atoms with E-state index in [0.29, 0.717) is 31.4 Å². The number of ketones is 2. The Morgan fingerprint density at radius 3 is 2.30 bits per heavy atom. The maximum atomic E-state index is 15.0. The van der Waals surface area contributed by atoms with Gasteiger partial charge in [0, 0.05) is 17.9 Å². The second-order valence-corrected chi connectivity index (χ2v) is 19.9. The average molecular weight is 736 g/mol. The molecule has 292 valence electrons. The Balaban J connectivity index is 1.29. The Hall–Kier alpha value is -3.01. The third-order valence-corrected chi connectivity index (χ3v) is 16.9. The molecule has 5 fully saturated rings. The van der Waals surface area contributed by atoms with E-state index in [-0.39, 0.29) is 70.5 Å². The first-order valence-electron chi connectivity index (χ1n) is 20.2. The van der Waals surface area contributed by atoms with E-state index in [9.17, 15) is 24.3 Å². The number of aliphatic carboxylic acids is 1. The molecule has 1 aromatic rings. The first kappa shape index (κ1) is 38.3. The lowest BCUT2D eigenvalue weighted by atomic mass is 9.33. The van der Waals surface area contributed by atoms with Crippen LogP contribution in [0.15, 0.2) is 25.3 Å². The molecule has 10 nitrogen and oxygen atoms in total. The predicted octanol–water partition coefficient (Wildman–Crippen LogP) is 7.87. The summed E-state index contributed by atoms with van der Waals surface area (Å²) in [4.78, 5) is 69.8. The Labute approximate surface area is 313 Å². The number of carboxylic acids is 1. The van der Waals surface area contributed by atoms with Gasteiger partial charge in [0.1, 0.15) is 5.78 Å². The van der Waals surface area contributed by atoms with Gasteiger partial charge in [0.25, 0.3) is 0 Å². The number of Topliss-reactive ketones (excluding diaryl/α,β-unsaturated/α-hetero) is 1. The summed E-state index contributed by atoms with van der Waals surface area (Å²) >= 11 is 0. The molecule has 4 saturated carbocycles. The molecule has 1 aromatic heterocycles. The lowest BCUT2D eigenvalue weighted by molar-refractivity contribution is -0.213. The fourth-order valence-corrected chi connectivity index (χ4v) is 13.6. The highest BCUT2D eigenvalue weighted by Gasteiger charge is 2.72. The number of hydrogen-bond donors (Lipinski definition) is 1. The number of likely N-dealkylation sites (tertiary alicyclic amines) is 1. The summed E-state index contributed by atoms with van der Waals surface area (Å²) in [5, 5.41) is 10.3. The van der Waals surface area contributed by atoms with Crippen LogP contribution in [0.2, 0.25) is 0 Å². The lowest BCUT2D eigenvalue weighted by Gasteiger charge is -2.70. The van der Waals surface area contributed by atoms with Gasteiger partial charge >= 0.3 is 17.8 Å². The molecule has 11 atom stereocenters. The number of allylic oxidation sites excluding steroid dienone is 2. The molecule has 1 N–H and O–H groups in total. The SMILES string of the molecule is CC(=O)[C@@H]1CCCN1[C@H]1CC[C@@]2(C)[C@@H](CC[C@]3(C)[C@@H]2C(=O)C=C2[C@@H]4C[C@@](C)(C(=O)O)CC[C@]4(C)CC[C@]23C)[C@]1(C)C(=O)OCc1oc(=O)oc1C(C)C. The third kappa shape index (κ3) is 5.37. The molecular formula is C43H61NO9. The van der Waals surface area contributed by atoms with Crippen LogP contribution in [0.3, 0.4) is 0 Å². The largest absolute Gasteiger partial charge is 0.519 e. The molecule has 1 aliphatic heterocycles. The van der Waals surface area contributed by atoms with Crippen molar-refractivity contribution < 1.29 is 37.9 Å². The Bertz CT molecular complexity index is 1810. The van der Waals surface area contributed by atoms with Gasteiger partial charge in [0.2, 0.25) is 0 Å². The smallest absolute Gasteiger partial charge is 0.481 e. The summed E-state index contributed by atoms with van der Waals surface area (Å²) < 4.78 is 16.8. The molecule has 0 unspecified atom stereocenters. The summed E-state index contributed by atoms with van der Waals surface area (Å²) in [6.45, 7) is 19.0. The first-order chi connectivity index (χ1) is 24.7. The Morgan fingerprint density at radius 1 is 0.943 bits per heavy atom. The Kier molecular flexibility index (Phi) is 9.03. The number of carbonyl (C=O) groups excluding carboxylic acids is 3. The molecule has 5 aliphatic carbocycles. The van der Waals surface area contributed by atoms with Gasteiger partial charge in [-0.1, -0.05) is 47.1 Å². The van der Waals surface area contributed by atoms with Crippen molar-refractivity contribution in [3.63, 3.8) is 0 Å². The van der Waals surface area contributed by atoms with Crippen LogP contribution in [0.4, 0.5) is 0 Å². The molecule has 0 bridgehead atoms. The van der Waals surface area contributed by atoms with Crippen molar-refractivity contribution in [2.75, 3.05) is 6.54 Å². The highest BCUT2D eigenvalue weighted by Crippen LogP contribution is 2.75. The zero-order valence-electron chi connectivity index (χ0n) is 33.4. The van der Waals surface area contributed by atoms with Crippen LogP contribution in [0.25, 0.3) is 0 Å². The summed E-state index contributed by atoms with van der Waals surface area (Å²) in [6, 6.07) is -0.532. The van der Waals surface area contributed by atoms with Gasteiger partial charge in [-0.3, -0.25) is 24.1 Å². The van der Waals surface area contributed by atoms with E-state index >= 15 is 4.79 Å². The summed E-state index contributed by atoms with van der Waals surface area (Å²) in [5.74, 6) is -1.88. The van der Waals surface area contributed by atoms with Crippen molar-refractivity contribution in [2.24, 2.45) is 50.2 Å². The fraction of sp³-hybridized carbons (Fsp3) is 0.791. The zero-order chi connectivity index (χ0) is 38.7. The van der Waals surface area contributed by atoms with E-state index in [1.54, 1.807) is 6.92 Å². The number of esters is 1. The number of fused-ring (bicyclic) bond motifs is 7. The van der Waals surface area contributed by atoms with Gasteiger partial charge in [-0.05, 0) is 138 Å². The number of rotatable bonds is 7. The highest BCUT2D eigenvalue weighted by atomic mass is 16.6. The zero-order valence-corrected chi connectivity index (χ0v) is 33.4. The second kappa shape index (κ2) is 12.5. The number of nitrogens with zero attached hydrogens (tertiary/aromatic N) is 1. The second-order valence-electron chi connectivity index (χ2n) is 19.9. The van der Waals surface area contributed by atoms with Gasteiger partial charge in [-0.15, -0.1) is 0 Å². The molecule has 1 saturated heterocycles. The van der Waals surface area contributed by atoms with Crippen LogP contribution in [0.5, 0.6) is 0 Å².